The Balaban J connectivity index is 1.51. The van der Waals surface area contributed by atoms with Gasteiger partial charge in [0.1, 0.15) is 0 Å². The van der Waals surface area contributed by atoms with Crippen molar-refractivity contribution in [2.75, 3.05) is 7.11 Å². The third-order valence-corrected chi connectivity index (χ3v) is 6.35. The number of ether oxygens (including phenoxy) is 2. The molecule has 4 aromatic carbocycles. The number of aryl methyl sites for hydroxylation is 1. The summed E-state index contributed by atoms with van der Waals surface area (Å²) in [6.07, 6.45) is 1.54. The van der Waals surface area contributed by atoms with Crippen LogP contribution in [0.2, 0.25) is 0 Å². The standard InChI is InChI=1S/C30H22BrN3O4/c1-19-6-5-7-22(16-19)28-33-25-9-4-3-8-24(25)29(35)34(28)32-18-20-10-15-26(27(17-20)37-2)38-30(36)21-11-13-23(31)14-12-21/h3-18H,1-2H3. The SMILES string of the molecule is COc1cc(C=Nn2c(-c3cccc(C)c3)nc3ccccc3c2=O)ccc1OC(=O)c1ccc(Br)cc1. The minimum absolute atomic E-state index is 0.266. The van der Waals surface area contributed by atoms with E-state index in [1.165, 1.54) is 11.8 Å². The lowest BCUT2D eigenvalue weighted by molar-refractivity contribution is 0.0729. The number of fused-ring (bicyclic) bond motifs is 1. The van der Waals surface area contributed by atoms with Crippen molar-refractivity contribution >= 4 is 39.0 Å². The molecule has 0 saturated heterocycles. The molecule has 7 nitrogen and oxygen atoms in total. The lowest BCUT2D eigenvalue weighted by atomic mass is 10.1. The molecule has 1 heterocycles. The van der Waals surface area contributed by atoms with Crippen LogP contribution in [0.25, 0.3) is 22.3 Å². The second-order valence-electron chi connectivity index (χ2n) is 8.49. The lowest BCUT2D eigenvalue weighted by Crippen LogP contribution is -2.20. The van der Waals surface area contributed by atoms with Crippen LogP contribution in [0.5, 0.6) is 11.5 Å². The zero-order chi connectivity index (χ0) is 26.6. The van der Waals surface area contributed by atoms with Crippen molar-refractivity contribution in [3.05, 3.63) is 123 Å². The molecule has 0 saturated carbocycles. The minimum atomic E-state index is -0.506. The maximum absolute atomic E-state index is 13.4. The average Bonchev–Trinajstić information content (AvgIpc) is 2.93. The highest BCUT2D eigenvalue weighted by molar-refractivity contribution is 9.10. The third kappa shape index (κ3) is 5.26. The Hall–Kier alpha value is -4.56. The van der Waals surface area contributed by atoms with Gasteiger partial charge >= 0.3 is 5.97 Å². The molecule has 0 atom stereocenters. The van der Waals surface area contributed by atoms with E-state index in [2.05, 4.69) is 21.0 Å². The summed E-state index contributed by atoms with van der Waals surface area (Å²) in [5, 5.41) is 4.97. The van der Waals surface area contributed by atoms with Gasteiger partial charge in [-0.25, -0.2) is 9.78 Å². The molecule has 0 bridgehead atoms. The maximum Gasteiger partial charge on any atom is 0.343 e. The van der Waals surface area contributed by atoms with E-state index in [4.69, 9.17) is 14.5 Å². The number of rotatable bonds is 6. The molecule has 1 aromatic heterocycles. The van der Waals surface area contributed by atoms with Crippen LogP contribution < -0.4 is 15.0 Å². The van der Waals surface area contributed by atoms with Crippen LogP contribution in [0.4, 0.5) is 0 Å². The van der Waals surface area contributed by atoms with Gasteiger partial charge in [0.2, 0.25) is 0 Å². The van der Waals surface area contributed by atoms with Crippen molar-refractivity contribution in [3.8, 4) is 22.9 Å². The van der Waals surface area contributed by atoms with Gasteiger partial charge in [-0.15, -0.1) is 0 Å². The number of aromatic nitrogens is 2. The number of methoxy groups -OCH3 is 1. The van der Waals surface area contributed by atoms with Crippen LogP contribution in [0, 0.1) is 6.92 Å². The Morgan fingerprint density at radius 3 is 2.50 bits per heavy atom. The van der Waals surface area contributed by atoms with E-state index in [0.717, 1.165) is 15.6 Å². The molecule has 0 spiro atoms. The largest absolute Gasteiger partial charge is 0.493 e. The van der Waals surface area contributed by atoms with E-state index in [-0.39, 0.29) is 11.3 Å². The molecule has 5 aromatic rings. The fourth-order valence-corrected chi connectivity index (χ4v) is 4.18. The molecular weight excluding hydrogens is 546 g/mol. The first-order valence-corrected chi connectivity index (χ1v) is 12.5. The molecule has 188 valence electrons. The van der Waals surface area contributed by atoms with Gasteiger partial charge in [-0.1, -0.05) is 51.8 Å². The highest BCUT2D eigenvalue weighted by Crippen LogP contribution is 2.29. The van der Waals surface area contributed by atoms with Gasteiger partial charge in [0.25, 0.3) is 5.56 Å². The van der Waals surface area contributed by atoms with Crippen molar-refractivity contribution in [2.45, 2.75) is 6.92 Å². The maximum atomic E-state index is 13.4. The van der Waals surface area contributed by atoms with Gasteiger partial charge in [-0.2, -0.15) is 9.78 Å². The first-order chi connectivity index (χ1) is 18.4. The Morgan fingerprint density at radius 2 is 1.74 bits per heavy atom. The number of carbonyl (C=O) groups excluding carboxylic acids is 1. The van der Waals surface area contributed by atoms with E-state index in [0.29, 0.717) is 33.6 Å². The summed E-state index contributed by atoms with van der Waals surface area (Å²) < 4.78 is 13.2. The molecule has 38 heavy (non-hydrogen) atoms. The van der Waals surface area contributed by atoms with Crippen LogP contribution in [0.3, 0.4) is 0 Å². The summed E-state index contributed by atoms with van der Waals surface area (Å²) in [6.45, 7) is 1.98. The zero-order valence-corrected chi connectivity index (χ0v) is 22.2. The Bertz CT molecular complexity index is 1740. The fourth-order valence-electron chi connectivity index (χ4n) is 3.92. The van der Waals surface area contributed by atoms with E-state index in [9.17, 15) is 9.59 Å². The Labute approximate surface area is 227 Å². The minimum Gasteiger partial charge on any atom is -0.493 e. The lowest BCUT2D eigenvalue weighted by Gasteiger charge is -2.11. The summed E-state index contributed by atoms with van der Waals surface area (Å²) in [4.78, 5) is 30.7. The number of halogens is 1. The molecule has 0 fully saturated rings. The van der Waals surface area contributed by atoms with Crippen molar-refractivity contribution in [2.24, 2.45) is 5.10 Å². The van der Waals surface area contributed by atoms with Crippen LogP contribution in [-0.2, 0) is 0 Å². The van der Waals surface area contributed by atoms with Crippen LogP contribution in [0.1, 0.15) is 21.5 Å². The number of nitrogens with zero attached hydrogens (tertiary/aromatic N) is 3. The fraction of sp³-hybridized carbons (Fsp3) is 0.0667. The molecule has 0 aliphatic heterocycles. The van der Waals surface area contributed by atoms with Crippen molar-refractivity contribution in [3.63, 3.8) is 0 Å². The first-order valence-electron chi connectivity index (χ1n) is 11.7. The molecule has 8 heteroatoms. The molecule has 0 N–H and O–H groups in total. The van der Waals surface area contributed by atoms with Crippen molar-refractivity contribution in [1.29, 1.82) is 0 Å². The number of hydrogen-bond acceptors (Lipinski definition) is 6. The smallest absolute Gasteiger partial charge is 0.343 e. The van der Waals surface area contributed by atoms with E-state index >= 15 is 0 Å². The summed E-state index contributed by atoms with van der Waals surface area (Å²) in [7, 11) is 1.49. The summed E-state index contributed by atoms with van der Waals surface area (Å²) in [5.41, 5.74) is 3.18. The molecular formula is C30H22BrN3O4. The number of benzene rings is 4. The molecule has 0 aliphatic carbocycles. The predicted octanol–water partition coefficient (Wildman–Crippen LogP) is 6.24. The van der Waals surface area contributed by atoms with Gasteiger partial charge in [-0.05, 0) is 73.2 Å². The quantitative estimate of drug-likeness (QED) is 0.138. The van der Waals surface area contributed by atoms with Gasteiger partial charge in [-0.3, -0.25) is 4.79 Å². The van der Waals surface area contributed by atoms with E-state index < -0.39 is 5.97 Å². The Kier molecular flexibility index (Phi) is 7.15. The summed E-state index contributed by atoms with van der Waals surface area (Å²) in [5.74, 6) is 0.541. The van der Waals surface area contributed by atoms with Gasteiger partial charge in [0.15, 0.2) is 17.3 Å². The molecule has 0 amide bonds. The van der Waals surface area contributed by atoms with Crippen LogP contribution in [0.15, 0.2) is 105 Å². The van der Waals surface area contributed by atoms with Gasteiger partial charge in [0, 0.05) is 10.0 Å². The first kappa shape index (κ1) is 25.1. The molecule has 5 rings (SSSR count). The van der Waals surface area contributed by atoms with E-state index in [1.807, 2.05) is 43.3 Å². The molecule has 0 aliphatic rings. The average molecular weight is 568 g/mol. The second kappa shape index (κ2) is 10.8. The van der Waals surface area contributed by atoms with Crippen molar-refractivity contribution in [1.82, 2.24) is 9.66 Å². The summed E-state index contributed by atoms with van der Waals surface area (Å²) in [6, 6.07) is 26.8. The van der Waals surface area contributed by atoms with Gasteiger partial charge < -0.3 is 9.47 Å². The topological polar surface area (TPSA) is 82.8 Å². The molecule has 0 radical (unpaired) electrons. The number of hydrogen-bond donors (Lipinski definition) is 0. The highest BCUT2D eigenvalue weighted by atomic mass is 79.9. The van der Waals surface area contributed by atoms with Crippen LogP contribution >= 0.6 is 15.9 Å². The van der Waals surface area contributed by atoms with Crippen LogP contribution in [-0.4, -0.2) is 29.0 Å². The normalized spacial score (nSPS) is 11.1. The highest BCUT2D eigenvalue weighted by Gasteiger charge is 2.14. The third-order valence-electron chi connectivity index (χ3n) is 5.82. The monoisotopic (exact) mass is 567 g/mol. The van der Waals surface area contributed by atoms with E-state index in [1.54, 1.807) is 60.8 Å². The number of esters is 1. The Morgan fingerprint density at radius 1 is 0.947 bits per heavy atom. The number of carbonyl (C=O) groups is 1. The predicted molar refractivity (Wildman–Crippen MR) is 151 cm³/mol. The molecule has 0 unspecified atom stereocenters. The van der Waals surface area contributed by atoms with Crippen molar-refractivity contribution < 1.29 is 14.3 Å². The second-order valence-corrected chi connectivity index (χ2v) is 9.41. The van der Waals surface area contributed by atoms with Gasteiger partial charge in [0.05, 0.1) is 29.8 Å². The number of para-hydroxylation sites is 1. The zero-order valence-electron chi connectivity index (χ0n) is 20.6. The summed E-state index contributed by atoms with van der Waals surface area (Å²) >= 11 is 3.35.